The number of hydrogen-bond donors (Lipinski definition) is 5. The van der Waals surface area contributed by atoms with Crippen molar-refractivity contribution in [3.8, 4) is 17.1 Å². The molecule has 21 nitrogen and oxygen atoms in total. The Labute approximate surface area is 451 Å². The van der Waals surface area contributed by atoms with Gasteiger partial charge in [0.2, 0.25) is 11.6 Å². The lowest BCUT2D eigenvalue weighted by Crippen LogP contribution is -2.50. The molecule has 1 aromatic carbocycles. The molecular weight excluding hydrogens is 1010 g/mol. The molecule has 1 saturated heterocycles. The van der Waals surface area contributed by atoms with E-state index in [1.807, 2.05) is 13.8 Å². The zero-order chi connectivity index (χ0) is 56.3. The molecule has 78 heavy (non-hydrogen) atoms. The zero-order valence-electron chi connectivity index (χ0n) is 45.3. The lowest BCUT2D eigenvalue weighted by Gasteiger charge is -2.34. The van der Waals surface area contributed by atoms with Gasteiger partial charge in [0.05, 0.1) is 52.6 Å². The van der Waals surface area contributed by atoms with E-state index in [0.29, 0.717) is 67.4 Å². The summed E-state index contributed by atoms with van der Waals surface area (Å²) in [5.41, 5.74) is 7.96. The van der Waals surface area contributed by atoms with Crippen LogP contribution in [0.5, 0.6) is 5.75 Å². The van der Waals surface area contributed by atoms with Crippen molar-refractivity contribution in [3.63, 3.8) is 0 Å². The Balaban J connectivity index is 0.928. The topological polar surface area (TPSA) is 280 Å². The van der Waals surface area contributed by atoms with Gasteiger partial charge in [0.25, 0.3) is 11.5 Å². The fraction of sp³-hybridized carbons (Fsp3) is 0.474. The van der Waals surface area contributed by atoms with Gasteiger partial charge >= 0.3 is 18.2 Å². The summed E-state index contributed by atoms with van der Waals surface area (Å²) in [6, 6.07) is 6.90. The van der Waals surface area contributed by atoms with Gasteiger partial charge in [-0.25, -0.2) is 19.4 Å². The molecule has 416 valence electrons. The van der Waals surface area contributed by atoms with Crippen LogP contribution >= 0.6 is 0 Å². The molecule has 1 aliphatic carbocycles. The summed E-state index contributed by atoms with van der Waals surface area (Å²) in [6.45, 7) is 13.1. The van der Waals surface area contributed by atoms with E-state index < -0.39 is 71.6 Å². The van der Waals surface area contributed by atoms with Crippen LogP contribution in [0, 0.1) is 11.8 Å². The van der Waals surface area contributed by atoms with Crippen molar-refractivity contribution in [2.24, 2.45) is 17.6 Å². The predicted octanol–water partition coefficient (Wildman–Crippen LogP) is 4.12. The molecule has 6 heterocycles. The van der Waals surface area contributed by atoms with Gasteiger partial charge in [-0.2, -0.15) is 0 Å². The number of esters is 1. The molecule has 2 bridgehead atoms. The van der Waals surface area contributed by atoms with E-state index in [0.717, 1.165) is 22.6 Å². The number of cyclic esters (lactones) is 1. The number of nitrogens with one attached hydrogen (secondary N) is 2. The minimum atomic E-state index is -1.94. The van der Waals surface area contributed by atoms with Crippen molar-refractivity contribution in [3.05, 3.63) is 115 Å². The highest BCUT2D eigenvalue weighted by Gasteiger charge is 2.46. The number of nitrogens with zero attached hydrogens (tertiary/aromatic N) is 4. The Morgan fingerprint density at radius 3 is 2.44 bits per heavy atom. The molecule has 1 fully saturated rings. The molecule has 21 heteroatoms. The largest absolute Gasteiger partial charge is 0.458 e. The van der Waals surface area contributed by atoms with Crippen LogP contribution in [0.1, 0.15) is 83.1 Å². The van der Waals surface area contributed by atoms with Gasteiger partial charge in [-0.3, -0.25) is 24.1 Å². The Hall–Kier alpha value is -7.30. The number of piperazine rings is 1. The molecule has 5 aliphatic rings. The van der Waals surface area contributed by atoms with Crippen LogP contribution in [0.15, 0.2) is 87.6 Å². The van der Waals surface area contributed by atoms with Gasteiger partial charge in [0, 0.05) is 93.1 Å². The van der Waals surface area contributed by atoms with E-state index in [-0.39, 0.29) is 84.1 Å². The maximum atomic E-state index is 14.3. The summed E-state index contributed by atoms with van der Waals surface area (Å²) in [4.78, 5) is 102. The fourth-order valence-electron chi connectivity index (χ4n) is 11.0. The standard InChI is InChI=1S/C57H69N7O14/c1-9-35-36-25-34(14-15-41(36)60-47-38(35)28-64-43(47)26-40-39(53(64)69)29-76-54(70)57(40,73)10-2)77-56(72)63-20-18-62(19-21-63)17-16-59-48-37-22-30(3)23-46(75-8)49(66)32(5)24-33(6)51(78-55(58)71)45(74-7)13-11-12-31(4)52(68)61-42(50(37)67)27-44(48)65/h11-15,24-27,30,32,45-46,49,51,59,66,73H,9-10,16-23,28-29H2,1-8H3,(H2,58,71)(H,61,68)/b13-11-,31-12+,33-24+/t30-,32+,45+,46+,49+,51+,57+/m1/s1. The van der Waals surface area contributed by atoms with Gasteiger partial charge in [0.15, 0.2) is 11.7 Å². The minimum absolute atomic E-state index is 0.0353. The van der Waals surface area contributed by atoms with E-state index in [2.05, 4.69) is 15.5 Å². The van der Waals surface area contributed by atoms with Crippen molar-refractivity contribution < 1.29 is 62.7 Å². The number of carbonyl (C=O) groups is 6. The van der Waals surface area contributed by atoms with Crippen molar-refractivity contribution in [1.29, 1.82) is 0 Å². The highest BCUT2D eigenvalue weighted by Crippen LogP contribution is 2.41. The summed E-state index contributed by atoms with van der Waals surface area (Å²) in [6.07, 6.45) is 3.38. The molecule has 0 spiro atoms. The molecule has 4 aliphatic heterocycles. The van der Waals surface area contributed by atoms with Crippen molar-refractivity contribution in [2.45, 2.75) is 110 Å². The number of aliphatic hydroxyl groups is 2. The number of Topliss-reactive ketones (excluding diaryl/α,β-unsaturated/α-hetero) is 1. The Bertz CT molecular complexity index is 3150. The third-order valence-electron chi connectivity index (χ3n) is 15.5. The molecule has 3 amide bonds. The van der Waals surface area contributed by atoms with E-state index in [1.54, 1.807) is 66.7 Å². The molecule has 0 radical (unpaired) electrons. The summed E-state index contributed by atoms with van der Waals surface area (Å²) >= 11 is 0. The maximum Gasteiger partial charge on any atom is 0.415 e. The van der Waals surface area contributed by atoms with Crippen molar-refractivity contribution in [2.75, 3.05) is 53.5 Å². The Morgan fingerprint density at radius 2 is 1.76 bits per heavy atom. The number of pyridine rings is 2. The summed E-state index contributed by atoms with van der Waals surface area (Å²) in [5.74, 6) is -2.93. The number of hydrogen-bond acceptors (Lipinski definition) is 17. The molecule has 6 N–H and O–H groups in total. The van der Waals surface area contributed by atoms with Crippen LogP contribution in [0.25, 0.3) is 22.3 Å². The number of ether oxygens (including phenoxy) is 5. The van der Waals surface area contributed by atoms with Gasteiger partial charge in [0.1, 0.15) is 18.5 Å². The number of rotatable bonds is 10. The van der Waals surface area contributed by atoms with Crippen molar-refractivity contribution in [1.82, 2.24) is 30.0 Å². The average molecular weight is 1080 g/mol. The second-order valence-corrected chi connectivity index (χ2v) is 20.6. The summed E-state index contributed by atoms with van der Waals surface area (Å²) in [5, 5.41) is 29.5. The lowest BCUT2D eigenvalue weighted by molar-refractivity contribution is -0.172. The quantitative estimate of drug-likeness (QED) is 0.0848. The van der Waals surface area contributed by atoms with E-state index in [1.165, 1.54) is 33.3 Å². The molecule has 0 saturated carbocycles. The number of aromatic nitrogens is 2. The monoisotopic (exact) mass is 1080 g/mol. The molecular formula is C57H69N7O14. The molecule has 2 aromatic heterocycles. The first-order valence-corrected chi connectivity index (χ1v) is 26.4. The maximum absolute atomic E-state index is 14.3. The number of methoxy groups -OCH3 is 2. The number of primary amides is 1. The highest BCUT2D eigenvalue weighted by molar-refractivity contribution is 6.23. The van der Waals surface area contributed by atoms with Gasteiger partial charge in [-0.1, -0.05) is 52.0 Å². The van der Waals surface area contributed by atoms with Gasteiger partial charge < -0.3 is 59.7 Å². The van der Waals surface area contributed by atoms with Gasteiger partial charge in [-0.05, 0) is 80.9 Å². The average Bonchev–Trinajstić information content (AvgIpc) is 4.04. The van der Waals surface area contributed by atoms with E-state index >= 15 is 0 Å². The number of aryl methyl sites for hydroxylation is 1. The van der Waals surface area contributed by atoms with Crippen LogP contribution in [-0.4, -0.2) is 143 Å². The number of allylic oxidation sites excluding steroid dienone is 4. The number of ketones is 2. The lowest BCUT2D eigenvalue weighted by atomic mass is 9.85. The Kier molecular flexibility index (Phi) is 17.3. The minimum Gasteiger partial charge on any atom is -0.458 e. The van der Waals surface area contributed by atoms with E-state index in [9.17, 15) is 43.8 Å². The molecule has 0 unspecified atom stereocenters. The Morgan fingerprint density at radius 1 is 1.01 bits per heavy atom. The van der Waals surface area contributed by atoms with E-state index in [4.69, 9.17) is 34.4 Å². The number of nitrogens with two attached hydrogens (primary N) is 1. The predicted molar refractivity (Wildman–Crippen MR) is 285 cm³/mol. The summed E-state index contributed by atoms with van der Waals surface area (Å²) in [7, 11) is 2.90. The van der Waals surface area contributed by atoms with Crippen LogP contribution in [0.3, 0.4) is 0 Å². The first kappa shape index (κ1) is 56.9. The van der Waals surface area contributed by atoms with Crippen LogP contribution in [0.4, 0.5) is 9.59 Å². The first-order valence-electron chi connectivity index (χ1n) is 26.4. The molecule has 8 rings (SSSR count). The third kappa shape index (κ3) is 11.5. The SMILES string of the molecule is CCc1c2c(nc3ccc(OC(=O)N4CCN(CCNC5=C6C[C@@H](C)C[C@H](OC)[C@@H](O)[C@@H](C)/C=C(\C)[C@H](OC(N)=O)[C@@H](OC)/C=C\C=C(/C)C(=O)NC(=CC5=O)C6=O)CC4)cc13)-c1cc3c(c(=O)n1C2)COC(=O)[C@]3(O)CC. The molecule has 3 aromatic rings. The second kappa shape index (κ2) is 23.7. The number of amides is 3. The number of fused-ring (bicyclic) bond motifs is 7. The van der Waals surface area contributed by atoms with Crippen LogP contribution in [-0.2, 0) is 63.3 Å². The third-order valence-corrected chi connectivity index (χ3v) is 15.5. The van der Waals surface area contributed by atoms with Crippen LogP contribution in [0.2, 0.25) is 0 Å². The zero-order valence-corrected chi connectivity index (χ0v) is 45.3. The van der Waals surface area contributed by atoms with Crippen LogP contribution < -0.4 is 26.7 Å². The van der Waals surface area contributed by atoms with Crippen molar-refractivity contribution >= 4 is 46.5 Å². The second-order valence-electron chi connectivity index (χ2n) is 20.6. The first-order chi connectivity index (χ1) is 37.2. The smallest absolute Gasteiger partial charge is 0.415 e. The summed E-state index contributed by atoms with van der Waals surface area (Å²) < 4.78 is 29.6. The number of aliphatic hydroxyl groups excluding tert-OH is 1. The fourth-order valence-corrected chi connectivity index (χ4v) is 11.0. The van der Waals surface area contributed by atoms with Gasteiger partial charge in [-0.15, -0.1) is 0 Å². The number of carbonyl (C=O) groups excluding carboxylic acids is 6. The normalized spacial score (nSPS) is 27.1. The highest BCUT2D eigenvalue weighted by atomic mass is 16.6. The number of benzene rings is 1. The molecule has 7 atom stereocenters.